The second-order valence-corrected chi connectivity index (χ2v) is 5.99. The van der Waals surface area contributed by atoms with Gasteiger partial charge >= 0.3 is 6.09 Å². The molecule has 1 aliphatic heterocycles. The fourth-order valence-electron chi connectivity index (χ4n) is 2.96. The average Bonchev–Trinajstić information content (AvgIpc) is 2.68. The van der Waals surface area contributed by atoms with Gasteiger partial charge in [-0.2, -0.15) is 0 Å². The lowest BCUT2D eigenvalue weighted by Crippen LogP contribution is -2.46. The van der Waals surface area contributed by atoms with Crippen molar-refractivity contribution in [2.45, 2.75) is 6.92 Å². The summed E-state index contributed by atoms with van der Waals surface area (Å²) < 4.78 is 4.86. The van der Waals surface area contributed by atoms with Crippen molar-refractivity contribution in [2.24, 2.45) is 0 Å². The average molecular weight is 371 g/mol. The molecule has 142 valence electrons. The van der Waals surface area contributed by atoms with Crippen LogP contribution in [0.2, 0.25) is 0 Å². The first kappa shape index (κ1) is 18.4. The van der Waals surface area contributed by atoms with Crippen LogP contribution in [0.15, 0.2) is 42.6 Å². The monoisotopic (exact) mass is 371 g/mol. The van der Waals surface area contributed by atoms with Crippen LogP contribution >= 0.6 is 0 Å². The summed E-state index contributed by atoms with van der Waals surface area (Å²) in [5.41, 5.74) is 2.04. The molecule has 9 heteroatoms. The van der Waals surface area contributed by atoms with Gasteiger partial charge in [0.2, 0.25) is 0 Å². The number of aromatic nitrogens is 1. The van der Waals surface area contributed by atoms with Crippen molar-refractivity contribution in [1.82, 2.24) is 4.98 Å². The van der Waals surface area contributed by atoms with Gasteiger partial charge in [-0.15, -0.1) is 0 Å². The molecule has 0 unspecified atom stereocenters. The number of rotatable bonds is 5. The molecule has 1 aliphatic rings. The highest BCUT2D eigenvalue weighted by molar-refractivity contribution is 5.84. The highest BCUT2D eigenvalue weighted by atomic mass is 16.6. The summed E-state index contributed by atoms with van der Waals surface area (Å²) >= 11 is 0. The van der Waals surface area contributed by atoms with E-state index in [2.05, 4.69) is 20.1 Å². The van der Waals surface area contributed by atoms with Gasteiger partial charge in [-0.3, -0.25) is 15.4 Å². The number of carbonyl (C=O) groups excluding carboxylic acids is 1. The quantitative estimate of drug-likeness (QED) is 0.637. The van der Waals surface area contributed by atoms with E-state index in [-0.39, 0.29) is 5.69 Å². The molecule has 2 heterocycles. The molecule has 0 aliphatic carbocycles. The number of nitrogens with zero attached hydrogens (tertiary/aromatic N) is 4. The number of pyridine rings is 1. The molecule has 0 radical (unpaired) electrons. The normalized spacial score (nSPS) is 14.0. The summed E-state index contributed by atoms with van der Waals surface area (Å²) in [5, 5.41) is 13.4. The summed E-state index contributed by atoms with van der Waals surface area (Å²) in [7, 11) is 0. The summed E-state index contributed by atoms with van der Waals surface area (Å²) in [6.45, 7) is 5.21. The molecule has 1 fully saturated rings. The van der Waals surface area contributed by atoms with Crippen LogP contribution < -0.4 is 15.1 Å². The molecule has 2 aromatic rings. The van der Waals surface area contributed by atoms with E-state index in [1.165, 1.54) is 12.1 Å². The van der Waals surface area contributed by atoms with Crippen molar-refractivity contribution < 1.29 is 14.5 Å². The summed E-state index contributed by atoms with van der Waals surface area (Å²) in [5.74, 6) is 0.448. The first-order valence-electron chi connectivity index (χ1n) is 8.71. The Morgan fingerprint density at radius 1 is 1.15 bits per heavy atom. The van der Waals surface area contributed by atoms with Gasteiger partial charge in [0.15, 0.2) is 0 Å². The van der Waals surface area contributed by atoms with Crippen molar-refractivity contribution in [2.75, 3.05) is 47.9 Å². The zero-order chi connectivity index (χ0) is 19.2. The van der Waals surface area contributed by atoms with E-state index < -0.39 is 11.0 Å². The number of piperazine rings is 1. The minimum absolute atomic E-state index is 0.0933. The van der Waals surface area contributed by atoms with Crippen LogP contribution in [-0.2, 0) is 4.74 Å². The van der Waals surface area contributed by atoms with E-state index >= 15 is 0 Å². The molecule has 1 saturated heterocycles. The largest absolute Gasteiger partial charge is 0.450 e. The van der Waals surface area contributed by atoms with Gasteiger partial charge in [0.05, 0.1) is 11.5 Å². The van der Waals surface area contributed by atoms with Crippen molar-refractivity contribution >= 4 is 29.0 Å². The molecule has 1 N–H and O–H groups in total. The van der Waals surface area contributed by atoms with Crippen LogP contribution in [0.3, 0.4) is 0 Å². The Balaban J connectivity index is 1.60. The molecule has 0 bridgehead atoms. The fraction of sp³-hybridized carbons (Fsp3) is 0.333. The molecule has 27 heavy (non-hydrogen) atoms. The number of nitrogens with one attached hydrogen (secondary N) is 1. The molecular weight excluding hydrogens is 350 g/mol. The number of anilines is 3. The zero-order valence-corrected chi connectivity index (χ0v) is 15.0. The molecule has 0 saturated carbocycles. The maximum absolute atomic E-state index is 11.5. The molecule has 0 spiro atoms. The third-order valence-corrected chi connectivity index (χ3v) is 4.32. The van der Waals surface area contributed by atoms with Crippen LogP contribution in [0.1, 0.15) is 6.92 Å². The standard InChI is InChI=1S/C18H21N5O4/c1-2-27-18(24)20-17-13-16(7-8-19-17)22-11-9-21(10-12-22)14-3-5-15(6-4-14)23(25)26/h3-8,13H,2,9-12H2,1H3,(H,19,20,24). The number of benzene rings is 1. The van der Waals surface area contributed by atoms with Crippen LogP contribution in [-0.4, -0.2) is 48.8 Å². The van der Waals surface area contributed by atoms with E-state index in [1.54, 1.807) is 25.3 Å². The second kappa shape index (κ2) is 8.35. The third kappa shape index (κ3) is 4.63. The minimum Gasteiger partial charge on any atom is -0.450 e. The molecule has 0 atom stereocenters. The van der Waals surface area contributed by atoms with Gasteiger partial charge in [0.25, 0.3) is 5.69 Å². The Morgan fingerprint density at radius 2 is 1.78 bits per heavy atom. The van der Waals surface area contributed by atoms with E-state index in [9.17, 15) is 14.9 Å². The number of carbonyl (C=O) groups is 1. The molecule has 1 aromatic carbocycles. The molecule has 3 rings (SSSR count). The topological polar surface area (TPSA) is 101 Å². The Hall–Kier alpha value is -3.36. The Morgan fingerprint density at radius 3 is 2.37 bits per heavy atom. The Bertz CT molecular complexity index is 804. The number of ether oxygens (including phenoxy) is 1. The minimum atomic E-state index is -0.523. The molecular formula is C18H21N5O4. The lowest BCUT2D eigenvalue weighted by atomic mass is 10.2. The summed E-state index contributed by atoms with van der Waals surface area (Å²) in [6.07, 6.45) is 1.13. The fourth-order valence-corrected chi connectivity index (χ4v) is 2.96. The smallest absolute Gasteiger partial charge is 0.412 e. The highest BCUT2D eigenvalue weighted by Crippen LogP contribution is 2.23. The van der Waals surface area contributed by atoms with Gasteiger partial charge in [-0.1, -0.05) is 0 Å². The van der Waals surface area contributed by atoms with Gasteiger partial charge in [0.1, 0.15) is 5.82 Å². The van der Waals surface area contributed by atoms with Gasteiger partial charge in [-0.25, -0.2) is 9.78 Å². The lowest BCUT2D eigenvalue weighted by molar-refractivity contribution is -0.384. The maximum atomic E-state index is 11.5. The van der Waals surface area contributed by atoms with Gasteiger partial charge < -0.3 is 14.5 Å². The zero-order valence-electron chi connectivity index (χ0n) is 15.0. The van der Waals surface area contributed by atoms with Gasteiger partial charge in [-0.05, 0) is 25.1 Å². The number of amides is 1. The first-order chi connectivity index (χ1) is 13.1. The number of hydrogen-bond acceptors (Lipinski definition) is 7. The molecule has 9 nitrogen and oxygen atoms in total. The summed E-state index contributed by atoms with van der Waals surface area (Å²) in [6, 6.07) is 10.3. The van der Waals surface area contributed by atoms with Crippen molar-refractivity contribution in [1.29, 1.82) is 0 Å². The number of hydrogen-bond donors (Lipinski definition) is 1. The number of nitro groups is 1. The molecule has 1 aromatic heterocycles. The van der Waals surface area contributed by atoms with Crippen molar-refractivity contribution in [3.63, 3.8) is 0 Å². The van der Waals surface area contributed by atoms with Crippen molar-refractivity contribution in [3.8, 4) is 0 Å². The van der Waals surface area contributed by atoms with E-state index in [0.717, 1.165) is 37.6 Å². The second-order valence-electron chi connectivity index (χ2n) is 5.99. The van der Waals surface area contributed by atoms with E-state index in [4.69, 9.17) is 4.74 Å². The van der Waals surface area contributed by atoms with Crippen LogP contribution in [0.25, 0.3) is 0 Å². The SMILES string of the molecule is CCOC(=O)Nc1cc(N2CCN(c3ccc([N+](=O)[O-])cc3)CC2)ccn1. The van der Waals surface area contributed by atoms with Crippen molar-refractivity contribution in [3.05, 3.63) is 52.7 Å². The van der Waals surface area contributed by atoms with E-state index in [0.29, 0.717) is 12.4 Å². The third-order valence-electron chi connectivity index (χ3n) is 4.32. The number of non-ortho nitro benzene ring substituents is 1. The van der Waals surface area contributed by atoms with Crippen LogP contribution in [0.4, 0.5) is 27.7 Å². The Labute approximate surface area is 156 Å². The van der Waals surface area contributed by atoms with Gasteiger partial charge in [0, 0.05) is 61.9 Å². The highest BCUT2D eigenvalue weighted by Gasteiger charge is 2.19. The summed E-state index contributed by atoms with van der Waals surface area (Å²) in [4.78, 5) is 30.4. The number of nitro benzene ring substituents is 1. The first-order valence-corrected chi connectivity index (χ1v) is 8.71. The Kier molecular flexibility index (Phi) is 5.70. The molecule has 1 amide bonds. The predicted molar refractivity (Wildman–Crippen MR) is 102 cm³/mol. The maximum Gasteiger partial charge on any atom is 0.412 e. The van der Waals surface area contributed by atoms with Crippen LogP contribution in [0, 0.1) is 10.1 Å². The van der Waals surface area contributed by atoms with E-state index in [1.807, 2.05) is 12.1 Å². The lowest BCUT2D eigenvalue weighted by Gasteiger charge is -2.37. The predicted octanol–water partition coefficient (Wildman–Crippen LogP) is 2.88. The van der Waals surface area contributed by atoms with Crippen LogP contribution in [0.5, 0.6) is 0 Å².